The lowest BCUT2D eigenvalue weighted by atomic mass is 10.0. The Kier molecular flexibility index (Phi) is 4.75. The number of hydrogen-bond donors (Lipinski definition) is 1. The second kappa shape index (κ2) is 7.50. The van der Waals surface area contributed by atoms with Gasteiger partial charge in [-0.2, -0.15) is 0 Å². The van der Waals surface area contributed by atoms with Gasteiger partial charge in [0.15, 0.2) is 6.10 Å². The van der Waals surface area contributed by atoms with E-state index in [0.29, 0.717) is 12.3 Å². The van der Waals surface area contributed by atoms with Crippen molar-refractivity contribution in [3.8, 4) is 5.75 Å². The molecule has 3 nitrogen and oxygen atoms in total. The van der Waals surface area contributed by atoms with Crippen molar-refractivity contribution in [3.63, 3.8) is 0 Å². The number of carbonyl (C=O) groups is 1. The number of hydrogen-bond acceptors (Lipinski definition) is 2. The van der Waals surface area contributed by atoms with Crippen LogP contribution in [0, 0.1) is 0 Å². The van der Waals surface area contributed by atoms with Gasteiger partial charge in [0.25, 0.3) is 5.91 Å². The second-order valence-electron chi connectivity index (χ2n) is 6.63. The number of ether oxygens (including phenoxy) is 1. The number of benzene rings is 4. The zero-order chi connectivity index (χ0) is 18.6. The first-order chi connectivity index (χ1) is 13.2. The fourth-order valence-corrected chi connectivity index (χ4v) is 3.27. The van der Waals surface area contributed by atoms with Crippen molar-refractivity contribution < 1.29 is 9.53 Å². The Bertz CT molecular complexity index is 1100. The maximum Gasteiger partial charge on any atom is 0.261 e. The summed E-state index contributed by atoms with van der Waals surface area (Å²) in [6, 6.07) is 28.3. The number of fused-ring (bicyclic) bond motifs is 2. The molecule has 0 saturated heterocycles. The molecule has 4 aromatic rings. The predicted octanol–water partition coefficient (Wildman–Crippen LogP) is 5.08. The largest absolute Gasteiger partial charge is 0.481 e. The van der Waals surface area contributed by atoms with Crippen molar-refractivity contribution in [2.24, 2.45) is 0 Å². The molecule has 3 heteroatoms. The average molecular weight is 355 g/mol. The molecule has 0 aromatic heterocycles. The Hall–Kier alpha value is -3.33. The lowest BCUT2D eigenvalue weighted by Gasteiger charge is -2.16. The SMILES string of the molecule is C[C@H](Oc1ccc2ccccc2c1)C(=O)NCc1cccc2ccccc12. The number of amides is 1. The Labute approximate surface area is 158 Å². The smallest absolute Gasteiger partial charge is 0.261 e. The van der Waals surface area contributed by atoms with Gasteiger partial charge in [0.2, 0.25) is 0 Å². The van der Waals surface area contributed by atoms with Crippen LogP contribution < -0.4 is 10.1 Å². The number of rotatable bonds is 5. The molecule has 0 spiro atoms. The van der Waals surface area contributed by atoms with Gasteiger partial charge in [-0.15, -0.1) is 0 Å². The molecule has 0 heterocycles. The zero-order valence-corrected chi connectivity index (χ0v) is 15.2. The van der Waals surface area contributed by atoms with E-state index in [9.17, 15) is 4.79 Å². The monoisotopic (exact) mass is 355 g/mol. The van der Waals surface area contributed by atoms with Crippen LogP contribution >= 0.6 is 0 Å². The Balaban J connectivity index is 1.42. The summed E-state index contributed by atoms with van der Waals surface area (Å²) in [4.78, 5) is 12.5. The summed E-state index contributed by atoms with van der Waals surface area (Å²) in [6.07, 6.45) is -0.568. The van der Waals surface area contributed by atoms with Gasteiger partial charge >= 0.3 is 0 Å². The van der Waals surface area contributed by atoms with Crippen LogP contribution in [0.1, 0.15) is 12.5 Å². The molecule has 134 valence electrons. The van der Waals surface area contributed by atoms with Crippen molar-refractivity contribution in [1.29, 1.82) is 0 Å². The lowest BCUT2D eigenvalue weighted by Crippen LogP contribution is -2.35. The summed E-state index contributed by atoms with van der Waals surface area (Å²) in [6.45, 7) is 2.25. The van der Waals surface area contributed by atoms with E-state index in [1.165, 1.54) is 5.39 Å². The van der Waals surface area contributed by atoms with E-state index in [4.69, 9.17) is 4.74 Å². The van der Waals surface area contributed by atoms with Crippen molar-refractivity contribution >= 4 is 27.5 Å². The molecule has 1 atom stereocenters. The normalized spacial score (nSPS) is 12.0. The lowest BCUT2D eigenvalue weighted by molar-refractivity contribution is -0.127. The van der Waals surface area contributed by atoms with Gasteiger partial charge < -0.3 is 10.1 Å². The maximum atomic E-state index is 12.5. The molecule has 0 unspecified atom stereocenters. The molecule has 0 aliphatic heterocycles. The van der Waals surface area contributed by atoms with E-state index in [1.54, 1.807) is 6.92 Å². The molecule has 0 aliphatic carbocycles. The van der Waals surface area contributed by atoms with Crippen molar-refractivity contribution in [2.75, 3.05) is 0 Å². The Morgan fingerprint density at radius 2 is 1.56 bits per heavy atom. The minimum atomic E-state index is -0.568. The van der Waals surface area contributed by atoms with E-state index in [0.717, 1.165) is 21.7 Å². The van der Waals surface area contributed by atoms with Crippen LogP contribution in [-0.2, 0) is 11.3 Å². The number of nitrogens with one attached hydrogen (secondary N) is 1. The van der Waals surface area contributed by atoms with E-state index < -0.39 is 6.10 Å². The summed E-state index contributed by atoms with van der Waals surface area (Å²) in [7, 11) is 0. The Morgan fingerprint density at radius 3 is 2.41 bits per heavy atom. The van der Waals surface area contributed by atoms with Gasteiger partial charge in [0.1, 0.15) is 5.75 Å². The summed E-state index contributed by atoms with van der Waals surface area (Å²) >= 11 is 0. The highest BCUT2D eigenvalue weighted by Gasteiger charge is 2.15. The molecule has 0 fully saturated rings. The second-order valence-corrected chi connectivity index (χ2v) is 6.63. The molecule has 0 bridgehead atoms. The zero-order valence-electron chi connectivity index (χ0n) is 15.2. The van der Waals surface area contributed by atoms with Gasteiger partial charge in [-0.3, -0.25) is 4.79 Å². The third-order valence-electron chi connectivity index (χ3n) is 4.74. The van der Waals surface area contributed by atoms with E-state index in [1.807, 2.05) is 60.7 Å². The van der Waals surface area contributed by atoms with Crippen LogP contribution in [0.2, 0.25) is 0 Å². The molecule has 0 aliphatic rings. The van der Waals surface area contributed by atoms with Crippen LogP contribution in [0.5, 0.6) is 5.75 Å². The summed E-state index contributed by atoms with van der Waals surface area (Å²) in [5.41, 5.74) is 1.10. The first-order valence-corrected chi connectivity index (χ1v) is 9.10. The summed E-state index contributed by atoms with van der Waals surface area (Å²) in [5.74, 6) is 0.567. The molecule has 0 saturated carbocycles. The molecule has 1 amide bonds. The highest BCUT2D eigenvalue weighted by Crippen LogP contribution is 2.22. The van der Waals surface area contributed by atoms with Crippen LogP contribution in [0.25, 0.3) is 21.5 Å². The number of carbonyl (C=O) groups excluding carboxylic acids is 1. The minimum absolute atomic E-state index is 0.129. The van der Waals surface area contributed by atoms with Gasteiger partial charge in [-0.05, 0) is 46.2 Å². The van der Waals surface area contributed by atoms with Crippen molar-refractivity contribution in [3.05, 3.63) is 90.5 Å². The molecule has 1 N–H and O–H groups in total. The standard InChI is InChI=1S/C24H21NO2/c1-17(27-22-14-13-18-7-2-3-9-20(18)15-22)24(26)25-16-21-11-6-10-19-8-4-5-12-23(19)21/h2-15,17H,16H2,1H3,(H,25,26)/t17-/m0/s1. The van der Waals surface area contributed by atoms with E-state index >= 15 is 0 Å². The highest BCUT2D eigenvalue weighted by molar-refractivity contribution is 5.87. The van der Waals surface area contributed by atoms with Crippen LogP contribution in [-0.4, -0.2) is 12.0 Å². The van der Waals surface area contributed by atoms with Gasteiger partial charge in [-0.1, -0.05) is 72.8 Å². The maximum absolute atomic E-state index is 12.5. The minimum Gasteiger partial charge on any atom is -0.481 e. The van der Waals surface area contributed by atoms with Gasteiger partial charge in [0.05, 0.1) is 0 Å². The third kappa shape index (κ3) is 3.77. The van der Waals surface area contributed by atoms with Crippen molar-refractivity contribution in [1.82, 2.24) is 5.32 Å². The molecular formula is C24H21NO2. The molecular weight excluding hydrogens is 334 g/mol. The van der Waals surface area contributed by atoms with E-state index in [-0.39, 0.29) is 5.91 Å². The van der Waals surface area contributed by atoms with Gasteiger partial charge in [-0.25, -0.2) is 0 Å². The average Bonchev–Trinajstić information content (AvgIpc) is 2.71. The summed E-state index contributed by atoms with van der Waals surface area (Å²) in [5, 5.41) is 7.56. The molecule has 27 heavy (non-hydrogen) atoms. The fraction of sp³-hybridized carbons (Fsp3) is 0.125. The quantitative estimate of drug-likeness (QED) is 0.542. The fourth-order valence-electron chi connectivity index (χ4n) is 3.27. The van der Waals surface area contributed by atoms with Crippen LogP contribution in [0.4, 0.5) is 0 Å². The van der Waals surface area contributed by atoms with Gasteiger partial charge in [0, 0.05) is 6.54 Å². The first-order valence-electron chi connectivity index (χ1n) is 9.10. The van der Waals surface area contributed by atoms with Crippen LogP contribution in [0.3, 0.4) is 0 Å². The van der Waals surface area contributed by atoms with Crippen molar-refractivity contribution in [2.45, 2.75) is 19.6 Å². The third-order valence-corrected chi connectivity index (χ3v) is 4.74. The first kappa shape index (κ1) is 17.1. The summed E-state index contributed by atoms with van der Waals surface area (Å²) < 4.78 is 5.85. The topological polar surface area (TPSA) is 38.3 Å². The van der Waals surface area contributed by atoms with Crippen LogP contribution in [0.15, 0.2) is 84.9 Å². The highest BCUT2D eigenvalue weighted by atomic mass is 16.5. The van der Waals surface area contributed by atoms with E-state index in [2.05, 4.69) is 29.6 Å². The molecule has 0 radical (unpaired) electrons. The molecule has 4 rings (SSSR count). The predicted molar refractivity (Wildman–Crippen MR) is 110 cm³/mol. The Morgan fingerprint density at radius 1 is 0.852 bits per heavy atom. The molecule has 4 aromatic carbocycles.